The highest BCUT2D eigenvalue weighted by Crippen LogP contribution is 2.44. The maximum Gasteiger partial charge on any atom is 0.319 e. The fraction of sp³-hybridized carbons (Fsp3) is 0.556. The van der Waals surface area contributed by atoms with E-state index in [1.54, 1.807) is 4.90 Å². The standard InChI is InChI=1S/C18H23NO3/c1-12-8-13(2)10-15(9-12)14-4-7-19(11-14)16(20)18(17(21)22)5-3-6-18/h8-10,14H,3-7,11H2,1-2H3,(H,21,22). The van der Waals surface area contributed by atoms with Crippen LogP contribution in [0.25, 0.3) is 0 Å². The van der Waals surface area contributed by atoms with Gasteiger partial charge in [0.05, 0.1) is 0 Å². The van der Waals surface area contributed by atoms with Gasteiger partial charge in [-0.3, -0.25) is 9.59 Å². The van der Waals surface area contributed by atoms with Crippen molar-refractivity contribution in [2.24, 2.45) is 5.41 Å². The van der Waals surface area contributed by atoms with Crippen molar-refractivity contribution in [2.75, 3.05) is 13.1 Å². The molecule has 0 aromatic heterocycles. The van der Waals surface area contributed by atoms with Gasteiger partial charge in [-0.05, 0) is 38.7 Å². The average molecular weight is 301 g/mol. The zero-order valence-corrected chi connectivity index (χ0v) is 13.3. The first-order chi connectivity index (χ1) is 10.4. The van der Waals surface area contributed by atoms with Crippen molar-refractivity contribution in [1.82, 2.24) is 4.90 Å². The molecule has 0 bridgehead atoms. The third-order valence-corrected chi connectivity index (χ3v) is 5.22. The van der Waals surface area contributed by atoms with E-state index in [1.807, 2.05) is 0 Å². The maximum atomic E-state index is 12.6. The summed E-state index contributed by atoms with van der Waals surface area (Å²) in [5.74, 6) is -0.787. The summed E-state index contributed by atoms with van der Waals surface area (Å²) in [7, 11) is 0. The van der Waals surface area contributed by atoms with Gasteiger partial charge in [0.15, 0.2) is 0 Å². The number of aliphatic carboxylic acids is 1. The lowest BCUT2D eigenvalue weighted by atomic mass is 9.68. The molecule has 1 aromatic carbocycles. The van der Waals surface area contributed by atoms with Crippen LogP contribution in [0.1, 0.15) is 48.3 Å². The van der Waals surface area contributed by atoms with Gasteiger partial charge in [0.25, 0.3) is 0 Å². The molecule has 22 heavy (non-hydrogen) atoms. The van der Waals surface area contributed by atoms with Crippen molar-refractivity contribution in [3.63, 3.8) is 0 Å². The third-order valence-electron chi connectivity index (χ3n) is 5.22. The molecule has 1 N–H and O–H groups in total. The number of carbonyl (C=O) groups is 2. The Labute approximate surface area is 131 Å². The second-order valence-corrected chi connectivity index (χ2v) is 6.90. The minimum Gasteiger partial charge on any atom is -0.480 e. The lowest BCUT2D eigenvalue weighted by Gasteiger charge is -2.38. The average Bonchev–Trinajstić information content (AvgIpc) is 2.84. The van der Waals surface area contributed by atoms with E-state index in [0.29, 0.717) is 31.8 Å². The van der Waals surface area contributed by atoms with Crippen LogP contribution < -0.4 is 0 Å². The van der Waals surface area contributed by atoms with Crippen molar-refractivity contribution in [3.8, 4) is 0 Å². The van der Waals surface area contributed by atoms with Gasteiger partial charge in [-0.25, -0.2) is 0 Å². The minimum atomic E-state index is -1.13. The molecule has 1 aliphatic carbocycles. The zero-order chi connectivity index (χ0) is 15.9. The van der Waals surface area contributed by atoms with E-state index >= 15 is 0 Å². The lowest BCUT2D eigenvalue weighted by molar-refractivity contribution is -0.166. The Morgan fingerprint density at radius 3 is 2.32 bits per heavy atom. The first-order valence-corrected chi connectivity index (χ1v) is 8.03. The Kier molecular flexibility index (Phi) is 3.71. The molecule has 118 valence electrons. The minimum absolute atomic E-state index is 0.168. The maximum absolute atomic E-state index is 12.6. The van der Waals surface area contributed by atoms with E-state index in [2.05, 4.69) is 32.0 Å². The van der Waals surface area contributed by atoms with E-state index in [0.717, 1.165) is 12.8 Å². The molecule has 2 aliphatic rings. The number of carbonyl (C=O) groups excluding carboxylic acids is 1. The predicted octanol–water partition coefficient (Wildman–Crippen LogP) is 2.87. The second kappa shape index (κ2) is 5.41. The molecule has 0 radical (unpaired) electrons. The van der Waals surface area contributed by atoms with Gasteiger partial charge >= 0.3 is 5.97 Å². The summed E-state index contributed by atoms with van der Waals surface area (Å²) >= 11 is 0. The number of amides is 1. The van der Waals surface area contributed by atoms with Crippen molar-refractivity contribution < 1.29 is 14.7 Å². The van der Waals surface area contributed by atoms with Gasteiger partial charge in [0.1, 0.15) is 5.41 Å². The van der Waals surface area contributed by atoms with Gasteiger partial charge in [0, 0.05) is 19.0 Å². The molecule has 1 unspecified atom stereocenters. The van der Waals surface area contributed by atoms with Crippen LogP contribution in [-0.4, -0.2) is 35.0 Å². The summed E-state index contributed by atoms with van der Waals surface area (Å²) in [6.07, 6.45) is 2.74. The van der Waals surface area contributed by atoms with E-state index in [1.165, 1.54) is 16.7 Å². The Balaban J connectivity index is 1.75. The molecule has 3 rings (SSSR count). The van der Waals surface area contributed by atoms with E-state index in [-0.39, 0.29) is 5.91 Å². The quantitative estimate of drug-likeness (QED) is 0.873. The van der Waals surface area contributed by atoms with Crippen LogP contribution in [0.15, 0.2) is 18.2 Å². The van der Waals surface area contributed by atoms with E-state index < -0.39 is 11.4 Å². The summed E-state index contributed by atoms with van der Waals surface area (Å²) in [5.41, 5.74) is 2.62. The molecule has 1 amide bonds. The van der Waals surface area contributed by atoms with E-state index in [4.69, 9.17) is 0 Å². The van der Waals surface area contributed by atoms with Gasteiger partial charge in [-0.2, -0.15) is 0 Å². The number of hydrogen-bond acceptors (Lipinski definition) is 2. The van der Waals surface area contributed by atoms with Crippen molar-refractivity contribution in [3.05, 3.63) is 34.9 Å². The number of nitrogens with zero attached hydrogens (tertiary/aromatic N) is 1. The topological polar surface area (TPSA) is 57.6 Å². The molecule has 4 heteroatoms. The summed E-state index contributed by atoms with van der Waals surface area (Å²) < 4.78 is 0. The summed E-state index contributed by atoms with van der Waals surface area (Å²) in [6.45, 7) is 5.49. The monoisotopic (exact) mass is 301 g/mol. The van der Waals surface area contributed by atoms with Crippen LogP contribution in [0, 0.1) is 19.3 Å². The largest absolute Gasteiger partial charge is 0.480 e. The molecule has 2 fully saturated rings. The van der Waals surface area contributed by atoms with Crippen molar-refractivity contribution in [1.29, 1.82) is 0 Å². The molecule has 4 nitrogen and oxygen atoms in total. The predicted molar refractivity (Wildman–Crippen MR) is 83.8 cm³/mol. The number of likely N-dealkylation sites (tertiary alicyclic amines) is 1. The normalized spacial score (nSPS) is 23.2. The van der Waals surface area contributed by atoms with Crippen molar-refractivity contribution >= 4 is 11.9 Å². The highest BCUT2D eigenvalue weighted by Gasteiger charge is 2.53. The highest BCUT2D eigenvalue weighted by molar-refractivity contribution is 6.03. The number of carboxylic acid groups (broad SMARTS) is 1. The van der Waals surface area contributed by atoms with Gasteiger partial charge in [-0.15, -0.1) is 0 Å². The zero-order valence-electron chi connectivity index (χ0n) is 13.3. The summed E-state index contributed by atoms with van der Waals surface area (Å²) in [6, 6.07) is 6.51. The highest BCUT2D eigenvalue weighted by atomic mass is 16.4. The molecule has 1 saturated carbocycles. The number of carboxylic acids is 1. The first-order valence-electron chi connectivity index (χ1n) is 8.03. The lowest BCUT2D eigenvalue weighted by Crippen LogP contribution is -2.52. The SMILES string of the molecule is Cc1cc(C)cc(C2CCN(C(=O)C3(C(=O)O)CCC3)C2)c1. The van der Waals surface area contributed by atoms with Crippen LogP contribution in [0.3, 0.4) is 0 Å². The van der Waals surface area contributed by atoms with Gasteiger partial charge in [0.2, 0.25) is 5.91 Å². The fourth-order valence-corrected chi connectivity index (χ4v) is 3.81. The molecule has 0 spiro atoms. The van der Waals surface area contributed by atoms with E-state index in [9.17, 15) is 14.7 Å². The van der Waals surface area contributed by atoms with Gasteiger partial charge in [-0.1, -0.05) is 35.7 Å². The Bertz CT molecular complexity index is 599. The molecule has 1 aromatic rings. The second-order valence-electron chi connectivity index (χ2n) is 6.90. The summed E-state index contributed by atoms with van der Waals surface area (Å²) in [5, 5.41) is 9.42. The molecule has 1 heterocycles. The molecule has 1 saturated heterocycles. The number of aryl methyl sites for hydroxylation is 2. The third kappa shape index (κ3) is 2.40. The van der Waals surface area contributed by atoms with Crippen LogP contribution in [0.5, 0.6) is 0 Å². The Morgan fingerprint density at radius 1 is 1.18 bits per heavy atom. The van der Waals surface area contributed by atoms with Crippen LogP contribution in [-0.2, 0) is 9.59 Å². The van der Waals surface area contributed by atoms with Crippen LogP contribution >= 0.6 is 0 Å². The van der Waals surface area contributed by atoms with Crippen LogP contribution in [0.4, 0.5) is 0 Å². The van der Waals surface area contributed by atoms with Crippen molar-refractivity contribution in [2.45, 2.75) is 45.4 Å². The van der Waals surface area contributed by atoms with Crippen LogP contribution in [0.2, 0.25) is 0 Å². The first kappa shape index (κ1) is 15.1. The fourth-order valence-electron chi connectivity index (χ4n) is 3.81. The number of benzene rings is 1. The summed E-state index contributed by atoms with van der Waals surface area (Å²) in [4.78, 5) is 25.9. The molecule has 1 atom stereocenters. The molecular weight excluding hydrogens is 278 g/mol. The smallest absolute Gasteiger partial charge is 0.319 e. The Morgan fingerprint density at radius 2 is 1.82 bits per heavy atom. The molecular formula is C18H23NO3. The molecule has 1 aliphatic heterocycles. The Hall–Kier alpha value is -1.84. The number of rotatable bonds is 3. The van der Waals surface area contributed by atoms with Gasteiger partial charge < -0.3 is 10.0 Å². The number of hydrogen-bond donors (Lipinski definition) is 1.